The van der Waals surface area contributed by atoms with Crippen molar-refractivity contribution in [3.8, 4) is 5.75 Å². The molecule has 0 aliphatic carbocycles. The summed E-state index contributed by atoms with van der Waals surface area (Å²) in [6.45, 7) is 0.829. The molecule has 0 aliphatic rings. The van der Waals surface area contributed by atoms with Crippen LogP contribution in [0.25, 0.3) is 0 Å². The second kappa shape index (κ2) is 12.0. The molecule has 0 bridgehead atoms. The summed E-state index contributed by atoms with van der Waals surface area (Å²) in [5, 5.41) is 6.62. The van der Waals surface area contributed by atoms with Crippen LogP contribution in [0.2, 0.25) is 0 Å². The van der Waals surface area contributed by atoms with E-state index in [9.17, 15) is 4.79 Å². The van der Waals surface area contributed by atoms with E-state index in [1.807, 2.05) is 30.3 Å². The van der Waals surface area contributed by atoms with Gasteiger partial charge in [-0.3, -0.25) is 9.78 Å². The third kappa shape index (κ3) is 7.81. The maximum absolute atomic E-state index is 11.8. The number of aromatic nitrogens is 1. The maximum atomic E-state index is 11.8. The lowest BCUT2D eigenvalue weighted by molar-refractivity contribution is -0.125. The van der Waals surface area contributed by atoms with Gasteiger partial charge >= 0.3 is 0 Å². The standard InChI is InChI=1S/C24H26N4O3/c25-24(21-10-12-22(13-11-21)30-17-20-9-4-14-26-16-20)28-31-18-23(29)27-15-5-8-19-6-2-1-3-7-19/h1-4,6-7,9-14,16H,5,8,15,17-18H2,(H2,25,28)(H,27,29). The molecule has 1 amide bonds. The average molecular weight is 418 g/mol. The van der Waals surface area contributed by atoms with Crippen LogP contribution < -0.4 is 15.8 Å². The number of oxime groups is 1. The molecule has 0 saturated heterocycles. The fourth-order valence-electron chi connectivity index (χ4n) is 2.80. The van der Waals surface area contributed by atoms with Crippen LogP contribution >= 0.6 is 0 Å². The summed E-state index contributed by atoms with van der Waals surface area (Å²) in [6.07, 6.45) is 5.25. The lowest BCUT2D eigenvalue weighted by Crippen LogP contribution is -2.28. The number of ether oxygens (including phenoxy) is 1. The van der Waals surface area contributed by atoms with E-state index >= 15 is 0 Å². The second-order valence-corrected chi connectivity index (χ2v) is 6.86. The molecule has 0 radical (unpaired) electrons. The molecule has 7 heteroatoms. The van der Waals surface area contributed by atoms with Crippen LogP contribution in [0.5, 0.6) is 5.75 Å². The Kier molecular flexibility index (Phi) is 8.43. The van der Waals surface area contributed by atoms with E-state index in [4.69, 9.17) is 15.3 Å². The van der Waals surface area contributed by atoms with E-state index in [2.05, 4.69) is 27.6 Å². The number of nitrogens with zero attached hydrogens (tertiary/aromatic N) is 2. The van der Waals surface area contributed by atoms with Crippen molar-refractivity contribution in [1.82, 2.24) is 10.3 Å². The van der Waals surface area contributed by atoms with Crippen LogP contribution in [-0.4, -0.2) is 29.9 Å². The van der Waals surface area contributed by atoms with Crippen LogP contribution in [0, 0.1) is 0 Å². The molecular weight excluding hydrogens is 392 g/mol. The first-order valence-electron chi connectivity index (χ1n) is 10.1. The summed E-state index contributed by atoms with van der Waals surface area (Å²) in [4.78, 5) is 21.0. The van der Waals surface area contributed by atoms with Gasteiger partial charge in [-0.1, -0.05) is 41.6 Å². The largest absolute Gasteiger partial charge is 0.489 e. The second-order valence-electron chi connectivity index (χ2n) is 6.86. The zero-order chi connectivity index (χ0) is 21.7. The SMILES string of the molecule is N/C(=N/OCC(=O)NCCCc1ccccc1)c1ccc(OCc2cccnc2)cc1. The monoisotopic (exact) mass is 418 g/mol. The minimum atomic E-state index is -0.233. The molecule has 31 heavy (non-hydrogen) atoms. The molecule has 0 aliphatic heterocycles. The summed E-state index contributed by atoms with van der Waals surface area (Å²) in [6, 6.07) is 21.1. The van der Waals surface area contributed by atoms with E-state index < -0.39 is 0 Å². The first-order chi connectivity index (χ1) is 15.2. The number of pyridine rings is 1. The molecule has 1 aromatic heterocycles. The number of nitrogens with two attached hydrogens (primary N) is 1. The van der Waals surface area contributed by atoms with Crippen molar-refractivity contribution in [2.24, 2.45) is 10.9 Å². The first-order valence-corrected chi connectivity index (χ1v) is 10.1. The normalized spacial score (nSPS) is 11.0. The first kappa shape index (κ1) is 21.8. The van der Waals surface area contributed by atoms with Gasteiger partial charge < -0.3 is 20.6 Å². The molecule has 0 atom stereocenters. The van der Waals surface area contributed by atoms with Crippen molar-refractivity contribution in [1.29, 1.82) is 0 Å². The summed E-state index contributed by atoms with van der Waals surface area (Å²) in [5.41, 5.74) is 8.84. The van der Waals surface area contributed by atoms with Crippen molar-refractivity contribution in [3.63, 3.8) is 0 Å². The third-order valence-corrected chi connectivity index (χ3v) is 4.44. The third-order valence-electron chi connectivity index (χ3n) is 4.44. The van der Waals surface area contributed by atoms with Crippen molar-refractivity contribution in [2.45, 2.75) is 19.4 Å². The molecule has 3 aromatic rings. The van der Waals surface area contributed by atoms with Gasteiger partial charge in [0.15, 0.2) is 12.4 Å². The molecule has 0 fully saturated rings. The fraction of sp³-hybridized carbons (Fsp3) is 0.208. The van der Waals surface area contributed by atoms with Gasteiger partial charge in [0.25, 0.3) is 5.91 Å². The highest BCUT2D eigenvalue weighted by molar-refractivity contribution is 5.97. The zero-order valence-electron chi connectivity index (χ0n) is 17.2. The number of carbonyl (C=O) groups is 1. The highest BCUT2D eigenvalue weighted by atomic mass is 16.6. The zero-order valence-corrected chi connectivity index (χ0v) is 17.2. The summed E-state index contributed by atoms with van der Waals surface area (Å²) >= 11 is 0. The van der Waals surface area contributed by atoms with Gasteiger partial charge in [0, 0.05) is 30.1 Å². The quantitative estimate of drug-likeness (QED) is 0.216. The van der Waals surface area contributed by atoms with Crippen LogP contribution in [-0.2, 0) is 22.7 Å². The van der Waals surface area contributed by atoms with Gasteiger partial charge in [0.2, 0.25) is 0 Å². The van der Waals surface area contributed by atoms with E-state index in [0.717, 1.165) is 18.4 Å². The van der Waals surface area contributed by atoms with Crippen LogP contribution in [0.4, 0.5) is 0 Å². The molecule has 0 saturated carbocycles. The Morgan fingerprint density at radius 1 is 1.00 bits per heavy atom. The number of nitrogens with one attached hydrogen (secondary N) is 1. The van der Waals surface area contributed by atoms with Gasteiger partial charge in [-0.05, 0) is 48.7 Å². The topological polar surface area (TPSA) is 98.8 Å². The Labute approximate surface area is 181 Å². The van der Waals surface area contributed by atoms with Gasteiger partial charge in [0.1, 0.15) is 12.4 Å². The lowest BCUT2D eigenvalue weighted by atomic mass is 10.1. The van der Waals surface area contributed by atoms with Crippen molar-refractivity contribution in [2.75, 3.05) is 13.2 Å². The van der Waals surface area contributed by atoms with Crippen LogP contribution in [0.15, 0.2) is 84.3 Å². The number of amides is 1. The Morgan fingerprint density at radius 3 is 2.52 bits per heavy atom. The van der Waals surface area contributed by atoms with E-state index in [0.29, 0.717) is 24.5 Å². The van der Waals surface area contributed by atoms with Gasteiger partial charge in [-0.25, -0.2) is 0 Å². The summed E-state index contributed by atoms with van der Waals surface area (Å²) < 4.78 is 5.71. The molecule has 160 valence electrons. The number of hydrogen-bond acceptors (Lipinski definition) is 5. The number of aryl methyl sites for hydroxylation is 1. The van der Waals surface area contributed by atoms with Crippen LogP contribution in [0.3, 0.4) is 0 Å². The lowest BCUT2D eigenvalue weighted by Gasteiger charge is -2.07. The van der Waals surface area contributed by atoms with Crippen LogP contribution in [0.1, 0.15) is 23.1 Å². The average Bonchev–Trinajstić information content (AvgIpc) is 2.82. The van der Waals surface area contributed by atoms with Gasteiger partial charge in [0.05, 0.1) is 0 Å². The van der Waals surface area contributed by atoms with Crippen molar-refractivity contribution >= 4 is 11.7 Å². The number of carbonyl (C=O) groups excluding carboxylic acids is 1. The van der Waals surface area contributed by atoms with Crippen molar-refractivity contribution < 1.29 is 14.4 Å². The fourth-order valence-corrected chi connectivity index (χ4v) is 2.80. The molecular formula is C24H26N4O3. The Morgan fingerprint density at radius 2 is 1.77 bits per heavy atom. The molecule has 7 nitrogen and oxygen atoms in total. The minimum Gasteiger partial charge on any atom is -0.489 e. The smallest absolute Gasteiger partial charge is 0.260 e. The Bertz CT molecular complexity index is 961. The maximum Gasteiger partial charge on any atom is 0.260 e. The highest BCUT2D eigenvalue weighted by Crippen LogP contribution is 2.14. The Hall–Kier alpha value is -3.87. The molecule has 3 rings (SSSR count). The minimum absolute atomic E-state index is 0.182. The van der Waals surface area contributed by atoms with Gasteiger partial charge in [-0.15, -0.1) is 0 Å². The molecule has 3 N–H and O–H groups in total. The number of hydrogen-bond donors (Lipinski definition) is 2. The molecule has 0 spiro atoms. The number of benzene rings is 2. The number of amidine groups is 1. The summed E-state index contributed by atoms with van der Waals surface area (Å²) in [5.74, 6) is 0.663. The van der Waals surface area contributed by atoms with E-state index in [-0.39, 0.29) is 18.3 Å². The summed E-state index contributed by atoms with van der Waals surface area (Å²) in [7, 11) is 0. The van der Waals surface area contributed by atoms with Gasteiger partial charge in [-0.2, -0.15) is 0 Å². The molecule has 0 unspecified atom stereocenters. The van der Waals surface area contributed by atoms with E-state index in [1.54, 1.807) is 36.7 Å². The molecule has 1 heterocycles. The van der Waals surface area contributed by atoms with E-state index in [1.165, 1.54) is 5.56 Å². The highest BCUT2D eigenvalue weighted by Gasteiger charge is 2.04. The Balaban J connectivity index is 1.35. The molecule has 2 aromatic carbocycles. The predicted octanol–water partition coefficient (Wildman–Crippen LogP) is 3.05. The number of rotatable bonds is 11. The van der Waals surface area contributed by atoms with Crippen molar-refractivity contribution in [3.05, 3.63) is 95.8 Å². The predicted molar refractivity (Wildman–Crippen MR) is 119 cm³/mol.